The van der Waals surface area contributed by atoms with E-state index in [0.29, 0.717) is 6.29 Å². The molecule has 3 amide bonds. The molecule has 158 valence electrons. The van der Waals surface area contributed by atoms with Crippen molar-refractivity contribution >= 4 is 24.0 Å². The first kappa shape index (κ1) is 23.7. The molecule has 0 bridgehead atoms. The third kappa shape index (κ3) is 6.35. The van der Waals surface area contributed by atoms with Crippen LogP contribution in [0.3, 0.4) is 0 Å². The molecule has 1 aliphatic heterocycles. The van der Waals surface area contributed by atoms with Gasteiger partial charge in [-0.1, -0.05) is 6.58 Å². The fourth-order valence-corrected chi connectivity index (χ4v) is 2.46. The number of amides is 3. The number of carbonyl (C=O) groups excluding carboxylic acids is 4. The van der Waals surface area contributed by atoms with Gasteiger partial charge in [0.2, 0.25) is 17.7 Å². The minimum Gasteiger partial charge on any atom is -0.394 e. The number of aliphatic hydroxyl groups excluding tert-OH is 3. The van der Waals surface area contributed by atoms with Crippen LogP contribution in [0.5, 0.6) is 0 Å². The third-order valence-corrected chi connectivity index (χ3v) is 4.03. The van der Waals surface area contributed by atoms with E-state index >= 15 is 0 Å². The van der Waals surface area contributed by atoms with Crippen LogP contribution in [0.15, 0.2) is 12.7 Å². The minimum absolute atomic E-state index is 0.357. The Labute approximate surface area is 160 Å². The molecule has 6 N–H and O–H groups in total. The average Bonchev–Trinajstić information content (AvgIpc) is 2.70. The lowest BCUT2D eigenvalue weighted by atomic mass is 9.90. The summed E-state index contributed by atoms with van der Waals surface area (Å²) in [5.41, 5.74) is 0. The summed E-state index contributed by atoms with van der Waals surface area (Å²) in [5, 5.41) is 36.1. The second-order valence-corrected chi connectivity index (χ2v) is 5.91. The highest BCUT2D eigenvalue weighted by atomic mass is 16.7. The number of ether oxygens (including phenoxy) is 2. The molecule has 1 aliphatic rings. The molecule has 1 fully saturated rings. The molecular weight excluding hydrogens is 378 g/mol. The lowest BCUT2D eigenvalue weighted by Gasteiger charge is -2.40. The number of carbonyl (C=O) groups is 4. The van der Waals surface area contributed by atoms with E-state index in [-0.39, 0.29) is 0 Å². The highest BCUT2D eigenvalue weighted by Crippen LogP contribution is 2.25. The molecule has 0 aromatic rings. The van der Waals surface area contributed by atoms with Gasteiger partial charge >= 0.3 is 0 Å². The van der Waals surface area contributed by atoms with Crippen LogP contribution in [0.25, 0.3) is 0 Å². The minimum atomic E-state index is -1.62. The largest absolute Gasteiger partial charge is 0.394 e. The van der Waals surface area contributed by atoms with Gasteiger partial charge in [0.15, 0.2) is 6.29 Å². The van der Waals surface area contributed by atoms with Crippen molar-refractivity contribution in [3.63, 3.8) is 0 Å². The zero-order valence-corrected chi connectivity index (χ0v) is 15.2. The zero-order chi connectivity index (χ0) is 21.3. The van der Waals surface area contributed by atoms with Gasteiger partial charge in [-0.3, -0.25) is 14.4 Å². The summed E-state index contributed by atoms with van der Waals surface area (Å²) in [6.45, 7) is 1.76. The first-order chi connectivity index (χ1) is 13.3. The van der Waals surface area contributed by atoms with E-state index in [0.717, 1.165) is 6.08 Å². The summed E-state index contributed by atoms with van der Waals surface area (Å²) in [5.74, 6) is -3.04. The molecule has 0 aliphatic carbocycles. The molecular formula is C16H25N3O9. The van der Waals surface area contributed by atoms with Crippen LogP contribution in [-0.2, 0) is 28.7 Å². The molecule has 1 rings (SSSR count). The SMILES string of the molecule is C=CC(=O)NCC(=O)NC(COC1OC(CO)[C@@H](C=O)C(O)C1O)C(=O)NC. The monoisotopic (exact) mass is 403 g/mol. The predicted molar refractivity (Wildman–Crippen MR) is 92.5 cm³/mol. The van der Waals surface area contributed by atoms with Crippen molar-refractivity contribution in [3.8, 4) is 0 Å². The van der Waals surface area contributed by atoms with Gasteiger partial charge in [0, 0.05) is 7.05 Å². The Kier molecular flexibility index (Phi) is 9.68. The average molecular weight is 403 g/mol. The number of hydrogen-bond donors (Lipinski definition) is 6. The molecule has 0 aromatic heterocycles. The Hall–Kier alpha value is -2.38. The maximum absolute atomic E-state index is 11.9. The van der Waals surface area contributed by atoms with E-state index in [1.54, 1.807) is 0 Å². The van der Waals surface area contributed by atoms with E-state index in [4.69, 9.17) is 9.47 Å². The van der Waals surface area contributed by atoms with Crippen molar-refractivity contribution in [2.75, 3.05) is 26.8 Å². The van der Waals surface area contributed by atoms with Crippen molar-refractivity contribution in [1.29, 1.82) is 0 Å². The Morgan fingerprint density at radius 1 is 1.29 bits per heavy atom. The molecule has 5 unspecified atom stereocenters. The van der Waals surface area contributed by atoms with Gasteiger partial charge in [0.25, 0.3) is 0 Å². The summed E-state index contributed by atoms with van der Waals surface area (Å²) < 4.78 is 10.5. The van der Waals surface area contributed by atoms with Gasteiger partial charge in [-0.15, -0.1) is 0 Å². The molecule has 0 aromatic carbocycles. The molecule has 1 saturated heterocycles. The molecule has 0 radical (unpaired) electrons. The van der Waals surface area contributed by atoms with Crippen LogP contribution < -0.4 is 16.0 Å². The lowest BCUT2D eigenvalue weighted by molar-refractivity contribution is -0.285. The van der Waals surface area contributed by atoms with Crippen molar-refractivity contribution in [2.24, 2.45) is 5.92 Å². The van der Waals surface area contributed by atoms with E-state index in [9.17, 15) is 34.5 Å². The predicted octanol–water partition coefficient (Wildman–Crippen LogP) is -4.21. The molecule has 12 nitrogen and oxygen atoms in total. The normalized spacial score (nSPS) is 27.9. The van der Waals surface area contributed by atoms with Crippen LogP contribution in [0.1, 0.15) is 0 Å². The van der Waals surface area contributed by atoms with Crippen molar-refractivity contribution in [1.82, 2.24) is 16.0 Å². The summed E-state index contributed by atoms with van der Waals surface area (Å²) >= 11 is 0. The van der Waals surface area contributed by atoms with E-state index in [2.05, 4.69) is 22.5 Å². The molecule has 12 heteroatoms. The maximum atomic E-state index is 11.9. The number of aldehydes is 1. The van der Waals surface area contributed by atoms with Gasteiger partial charge in [-0.05, 0) is 6.08 Å². The standard InChI is InChI=1S/C16H25N3O9/c1-3-11(22)18-4-12(23)19-9(15(26)17-2)7-27-16-14(25)13(24)8(5-20)10(6-21)28-16/h3,5,8-10,13-14,16,21,24-25H,1,4,6-7H2,2H3,(H,17,26)(H,18,22)(H,19,23)/t8-,9?,10?,13?,14?,16?/m1/s1. The van der Waals surface area contributed by atoms with Gasteiger partial charge < -0.3 is 45.5 Å². The van der Waals surface area contributed by atoms with Crippen molar-refractivity contribution < 1.29 is 44.0 Å². The quantitative estimate of drug-likeness (QED) is 0.155. The molecule has 0 saturated carbocycles. The molecule has 1 heterocycles. The van der Waals surface area contributed by atoms with Crippen LogP contribution >= 0.6 is 0 Å². The van der Waals surface area contributed by atoms with Crippen LogP contribution in [-0.4, -0.2) is 96.8 Å². The van der Waals surface area contributed by atoms with Crippen molar-refractivity contribution in [3.05, 3.63) is 12.7 Å². The van der Waals surface area contributed by atoms with Gasteiger partial charge in [0.05, 0.1) is 37.9 Å². The Morgan fingerprint density at radius 2 is 1.96 bits per heavy atom. The van der Waals surface area contributed by atoms with E-state index in [1.807, 2.05) is 0 Å². The third-order valence-electron chi connectivity index (χ3n) is 4.03. The first-order valence-electron chi connectivity index (χ1n) is 8.39. The first-order valence-corrected chi connectivity index (χ1v) is 8.39. The second-order valence-electron chi connectivity index (χ2n) is 5.91. The Balaban J connectivity index is 2.70. The summed E-state index contributed by atoms with van der Waals surface area (Å²) in [6, 6.07) is -1.21. The zero-order valence-electron chi connectivity index (χ0n) is 15.2. The number of nitrogens with one attached hydrogen (secondary N) is 3. The smallest absolute Gasteiger partial charge is 0.244 e. The highest BCUT2D eigenvalue weighted by molar-refractivity contribution is 5.92. The number of aliphatic hydroxyl groups is 3. The summed E-state index contributed by atoms with van der Waals surface area (Å²) in [4.78, 5) is 45.9. The fourth-order valence-electron chi connectivity index (χ4n) is 2.46. The summed E-state index contributed by atoms with van der Waals surface area (Å²) in [6.07, 6.45) is -4.39. The Bertz CT molecular complexity index is 584. The maximum Gasteiger partial charge on any atom is 0.244 e. The summed E-state index contributed by atoms with van der Waals surface area (Å²) in [7, 11) is 1.33. The molecule has 0 spiro atoms. The van der Waals surface area contributed by atoms with Gasteiger partial charge in [-0.25, -0.2) is 0 Å². The number of likely N-dealkylation sites (N-methyl/N-ethyl adjacent to an activating group) is 1. The molecule has 28 heavy (non-hydrogen) atoms. The van der Waals surface area contributed by atoms with Gasteiger partial charge in [0.1, 0.15) is 18.4 Å². The van der Waals surface area contributed by atoms with Crippen LogP contribution in [0.2, 0.25) is 0 Å². The fraction of sp³-hybridized carbons (Fsp3) is 0.625. The van der Waals surface area contributed by atoms with E-state index < -0.39 is 74.0 Å². The number of rotatable bonds is 10. The Morgan fingerprint density at radius 3 is 2.50 bits per heavy atom. The topological polar surface area (TPSA) is 184 Å². The lowest BCUT2D eigenvalue weighted by Crippen LogP contribution is -2.58. The highest BCUT2D eigenvalue weighted by Gasteiger charge is 2.45. The molecule has 6 atom stereocenters. The van der Waals surface area contributed by atoms with Crippen molar-refractivity contribution in [2.45, 2.75) is 30.6 Å². The second kappa shape index (κ2) is 11.5. The van der Waals surface area contributed by atoms with E-state index in [1.165, 1.54) is 7.05 Å². The van der Waals surface area contributed by atoms with Gasteiger partial charge in [-0.2, -0.15) is 0 Å². The van der Waals surface area contributed by atoms with Crippen LogP contribution in [0.4, 0.5) is 0 Å². The van der Waals surface area contributed by atoms with Crippen LogP contribution in [0, 0.1) is 5.92 Å². The number of hydrogen-bond acceptors (Lipinski definition) is 9.